The molecule has 0 radical (unpaired) electrons. The molecule has 2 heterocycles. The summed E-state index contributed by atoms with van der Waals surface area (Å²) in [6.45, 7) is 6.98. The second kappa shape index (κ2) is 5.69. The fourth-order valence-corrected chi connectivity index (χ4v) is 1.75. The lowest BCUT2D eigenvalue weighted by molar-refractivity contribution is 0.478. The molecule has 6 nitrogen and oxygen atoms in total. The number of anilines is 1. The molecule has 0 aromatic carbocycles. The SMILES string of the molecule is Cc1cnc(CNc2nccn(CC(C)C)c2=O)o1. The van der Waals surface area contributed by atoms with Gasteiger partial charge >= 0.3 is 0 Å². The van der Waals surface area contributed by atoms with E-state index in [0.29, 0.717) is 30.7 Å². The van der Waals surface area contributed by atoms with Crippen LogP contribution in [-0.4, -0.2) is 14.5 Å². The molecule has 0 amide bonds. The molecule has 0 unspecified atom stereocenters. The topological polar surface area (TPSA) is 73.0 Å². The van der Waals surface area contributed by atoms with Crippen molar-refractivity contribution in [1.82, 2.24) is 14.5 Å². The molecule has 2 rings (SSSR count). The number of hydrogen-bond acceptors (Lipinski definition) is 5. The first-order chi connectivity index (χ1) is 9.06. The highest BCUT2D eigenvalue weighted by Gasteiger charge is 2.07. The molecule has 0 spiro atoms. The zero-order valence-electron chi connectivity index (χ0n) is 11.4. The van der Waals surface area contributed by atoms with Gasteiger partial charge in [-0.1, -0.05) is 13.8 Å². The first kappa shape index (κ1) is 13.3. The number of hydrogen-bond donors (Lipinski definition) is 1. The largest absolute Gasteiger partial charge is 0.444 e. The number of aryl methyl sites for hydroxylation is 1. The van der Waals surface area contributed by atoms with Gasteiger partial charge in [-0.05, 0) is 12.8 Å². The molecule has 0 aliphatic carbocycles. The fourth-order valence-electron chi connectivity index (χ4n) is 1.75. The van der Waals surface area contributed by atoms with Crippen molar-refractivity contribution in [2.24, 2.45) is 5.92 Å². The summed E-state index contributed by atoms with van der Waals surface area (Å²) in [5.41, 5.74) is -0.125. The number of rotatable bonds is 5. The number of nitrogens with zero attached hydrogens (tertiary/aromatic N) is 3. The molecule has 102 valence electrons. The molecule has 0 aliphatic heterocycles. The van der Waals surface area contributed by atoms with Gasteiger partial charge < -0.3 is 14.3 Å². The van der Waals surface area contributed by atoms with E-state index in [1.165, 1.54) is 0 Å². The molecular weight excluding hydrogens is 244 g/mol. The molecule has 0 saturated heterocycles. The lowest BCUT2D eigenvalue weighted by Gasteiger charge is -2.10. The van der Waals surface area contributed by atoms with Gasteiger partial charge in [-0.2, -0.15) is 0 Å². The average Bonchev–Trinajstić information content (AvgIpc) is 2.76. The third-order valence-electron chi connectivity index (χ3n) is 2.55. The van der Waals surface area contributed by atoms with Gasteiger partial charge in [0.05, 0.1) is 12.7 Å². The Hall–Kier alpha value is -2.11. The highest BCUT2D eigenvalue weighted by molar-refractivity contribution is 5.30. The van der Waals surface area contributed by atoms with Crippen LogP contribution in [0.2, 0.25) is 0 Å². The summed E-state index contributed by atoms with van der Waals surface area (Å²) in [4.78, 5) is 20.2. The number of nitrogens with one attached hydrogen (secondary N) is 1. The summed E-state index contributed by atoms with van der Waals surface area (Å²) >= 11 is 0. The summed E-state index contributed by atoms with van der Waals surface area (Å²) in [6, 6.07) is 0. The Labute approximate surface area is 111 Å². The maximum Gasteiger partial charge on any atom is 0.293 e. The molecule has 0 atom stereocenters. The summed E-state index contributed by atoms with van der Waals surface area (Å²) in [5.74, 6) is 2.01. The minimum atomic E-state index is -0.125. The second-order valence-corrected chi connectivity index (χ2v) is 4.85. The van der Waals surface area contributed by atoms with Gasteiger partial charge in [0.1, 0.15) is 5.76 Å². The normalized spacial score (nSPS) is 10.9. The van der Waals surface area contributed by atoms with Crippen molar-refractivity contribution in [2.75, 3.05) is 5.32 Å². The van der Waals surface area contributed by atoms with Crippen LogP contribution in [0, 0.1) is 12.8 Å². The third kappa shape index (κ3) is 3.43. The second-order valence-electron chi connectivity index (χ2n) is 4.85. The molecule has 2 aromatic rings. The summed E-state index contributed by atoms with van der Waals surface area (Å²) < 4.78 is 6.98. The summed E-state index contributed by atoms with van der Waals surface area (Å²) in [7, 11) is 0. The predicted molar refractivity (Wildman–Crippen MR) is 71.9 cm³/mol. The predicted octanol–water partition coefficient (Wildman–Crippen LogP) is 1.81. The number of aromatic nitrogens is 3. The zero-order chi connectivity index (χ0) is 13.8. The highest BCUT2D eigenvalue weighted by atomic mass is 16.4. The van der Waals surface area contributed by atoms with Crippen LogP contribution in [0.25, 0.3) is 0 Å². The van der Waals surface area contributed by atoms with Gasteiger partial charge in [0.25, 0.3) is 5.56 Å². The standard InChI is InChI=1S/C13H18N4O2/c1-9(2)8-17-5-4-14-12(13(17)18)16-7-11-15-6-10(3)19-11/h4-6,9H,7-8H2,1-3H3,(H,14,16). The Morgan fingerprint density at radius 3 is 2.84 bits per heavy atom. The van der Waals surface area contributed by atoms with E-state index < -0.39 is 0 Å². The van der Waals surface area contributed by atoms with Gasteiger partial charge in [-0.15, -0.1) is 0 Å². The van der Waals surface area contributed by atoms with Crippen molar-refractivity contribution in [3.05, 3.63) is 40.6 Å². The van der Waals surface area contributed by atoms with E-state index in [0.717, 1.165) is 5.76 Å². The Morgan fingerprint density at radius 2 is 2.21 bits per heavy atom. The van der Waals surface area contributed by atoms with Gasteiger partial charge in [0.15, 0.2) is 5.82 Å². The third-order valence-corrected chi connectivity index (χ3v) is 2.55. The van der Waals surface area contributed by atoms with Crippen LogP contribution < -0.4 is 10.9 Å². The van der Waals surface area contributed by atoms with Crippen LogP contribution in [0.3, 0.4) is 0 Å². The molecule has 0 fully saturated rings. The van der Waals surface area contributed by atoms with E-state index in [4.69, 9.17) is 4.42 Å². The Kier molecular flexibility index (Phi) is 3.99. The maximum atomic E-state index is 12.1. The quantitative estimate of drug-likeness (QED) is 0.889. The average molecular weight is 262 g/mol. The first-order valence-electron chi connectivity index (χ1n) is 6.27. The van der Waals surface area contributed by atoms with Gasteiger partial charge in [0.2, 0.25) is 5.89 Å². The molecule has 19 heavy (non-hydrogen) atoms. The number of oxazole rings is 1. The van der Waals surface area contributed by atoms with E-state index in [2.05, 4.69) is 29.1 Å². The molecule has 0 bridgehead atoms. The van der Waals surface area contributed by atoms with Crippen LogP contribution in [0.5, 0.6) is 0 Å². The molecule has 0 saturated carbocycles. The van der Waals surface area contributed by atoms with Gasteiger partial charge in [-0.25, -0.2) is 9.97 Å². The molecule has 6 heteroatoms. The van der Waals surface area contributed by atoms with E-state index >= 15 is 0 Å². The van der Waals surface area contributed by atoms with E-state index in [1.807, 2.05) is 6.92 Å². The molecular formula is C13H18N4O2. The lowest BCUT2D eigenvalue weighted by atomic mass is 10.2. The smallest absolute Gasteiger partial charge is 0.293 e. The maximum absolute atomic E-state index is 12.1. The van der Waals surface area contributed by atoms with Crippen molar-refractivity contribution in [2.45, 2.75) is 33.9 Å². The van der Waals surface area contributed by atoms with Crippen molar-refractivity contribution in [3.63, 3.8) is 0 Å². The molecule has 2 aromatic heterocycles. The fraction of sp³-hybridized carbons (Fsp3) is 0.462. The Bertz CT molecular complexity index is 601. The summed E-state index contributed by atoms with van der Waals surface area (Å²) in [5, 5.41) is 2.96. The van der Waals surface area contributed by atoms with E-state index in [1.54, 1.807) is 23.2 Å². The van der Waals surface area contributed by atoms with Crippen LogP contribution in [0.15, 0.2) is 27.8 Å². The van der Waals surface area contributed by atoms with Crippen LogP contribution >= 0.6 is 0 Å². The van der Waals surface area contributed by atoms with Crippen molar-refractivity contribution >= 4 is 5.82 Å². The van der Waals surface area contributed by atoms with Crippen molar-refractivity contribution in [1.29, 1.82) is 0 Å². The molecule has 0 aliphatic rings. The zero-order valence-corrected chi connectivity index (χ0v) is 11.4. The van der Waals surface area contributed by atoms with Gasteiger partial charge in [-0.3, -0.25) is 4.79 Å². The summed E-state index contributed by atoms with van der Waals surface area (Å²) in [6.07, 6.45) is 4.96. The first-order valence-corrected chi connectivity index (χ1v) is 6.27. The molecule has 1 N–H and O–H groups in total. The monoisotopic (exact) mass is 262 g/mol. The van der Waals surface area contributed by atoms with Crippen molar-refractivity contribution < 1.29 is 4.42 Å². The lowest BCUT2D eigenvalue weighted by Crippen LogP contribution is -2.25. The Balaban J connectivity index is 2.10. The Morgan fingerprint density at radius 1 is 1.42 bits per heavy atom. The van der Waals surface area contributed by atoms with Crippen LogP contribution in [0.1, 0.15) is 25.5 Å². The minimum absolute atomic E-state index is 0.125. The van der Waals surface area contributed by atoms with Gasteiger partial charge in [0, 0.05) is 18.9 Å². The van der Waals surface area contributed by atoms with E-state index in [-0.39, 0.29) is 5.56 Å². The minimum Gasteiger partial charge on any atom is -0.444 e. The van der Waals surface area contributed by atoms with Crippen LogP contribution in [0.4, 0.5) is 5.82 Å². The highest BCUT2D eigenvalue weighted by Crippen LogP contribution is 2.04. The van der Waals surface area contributed by atoms with Crippen LogP contribution in [-0.2, 0) is 13.1 Å². The van der Waals surface area contributed by atoms with E-state index in [9.17, 15) is 4.79 Å². The van der Waals surface area contributed by atoms with Crippen molar-refractivity contribution in [3.8, 4) is 0 Å².